The Bertz CT molecular complexity index is 709. The van der Waals surface area contributed by atoms with Gasteiger partial charge in [-0.15, -0.1) is 11.3 Å². The van der Waals surface area contributed by atoms with Crippen molar-refractivity contribution in [3.63, 3.8) is 0 Å². The summed E-state index contributed by atoms with van der Waals surface area (Å²) in [6.45, 7) is 9.88. The molecule has 2 atom stereocenters. The summed E-state index contributed by atoms with van der Waals surface area (Å²) < 4.78 is 5.73. The van der Waals surface area contributed by atoms with Crippen molar-refractivity contribution in [2.45, 2.75) is 64.6 Å². The molecule has 1 saturated carbocycles. The highest BCUT2D eigenvalue weighted by atomic mass is 32.1. The zero-order valence-corrected chi connectivity index (χ0v) is 17.5. The Labute approximate surface area is 165 Å². The number of piperidine rings is 1. The lowest BCUT2D eigenvalue weighted by Crippen LogP contribution is -2.76. The van der Waals surface area contributed by atoms with E-state index in [9.17, 15) is 9.59 Å². The van der Waals surface area contributed by atoms with Gasteiger partial charge in [0.2, 0.25) is 5.91 Å². The first-order valence-corrected chi connectivity index (χ1v) is 10.6. The van der Waals surface area contributed by atoms with Gasteiger partial charge < -0.3 is 20.7 Å². The topological polar surface area (TPSA) is 84.7 Å². The Hall–Kier alpha value is -1.44. The first-order valence-electron chi connectivity index (χ1n) is 9.76. The van der Waals surface area contributed by atoms with Crippen LogP contribution in [0.1, 0.15) is 54.6 Å². The van der Waals surface area contributed by atoms with Gasteiger partial charge in [0, 0.05) is 42.5 Å². The highest BCUT2D eigenvalue weighted by Gasteiger charge is 2.63. The van der Waals surface area contributed by atoms with E-state index in [4.69, 9.17) is 10.5 Å². The quantitative estimate of drug-likeness (QED) is 0.804. The van der Waals surface area contributed by atoms with Gasteiger partial charge >= 0.3 is 0 Å². The minimum absolute atomic E-state index is 0.0158. The zero-order valence-electron chi connectivity index (χ0n) is 16.7. The van der Waals surface area contributed by atoms with Crippen LogP contribution in [0.5, 0.6) is 0 Å². The molecule has 0 radical (unpaired) electrons. The molecule has 1 aromatic heterocycles. The SMILES string of the molecule is CCOC1CC(N)(C(=O)N2CCC(NC(=O)c3ccc(C)s3)CC2)C1(C)C. The second-order valence-corrected chi connectivity index (χ2v) is 9.58. The molecular weight excluding hydrogens is 362 g/mol. The van der Waals surface area contributed by atoms with Crippen LogP contribution in [-0.4, -0.2) is 54.1 Å². The van der Waals surface area contributed by atoms with Crippen molar-refractivity contribution in [3.05, 3.63) is 21.9 Å². The molecule has 150 valence electrons. The number of aryl methyl sites for hydroxylation is 1. The van der Waals surface area contributed by atoms with Crippen molar-refractivity contribution >= 4 is 23.2 Å². The monoisotopic (exact) mass is 393 g/mol. The van der Waals surface area contributed by atoms with Crippen molar-refractivity contribution in [1.82, 2.24) is 10.2 Å². The molecule has 7 heteroatoms. The molecule has 3 N–H and O–H groups in total. The Kier molecular flexibility index (Phi) is 5.66. The van der Waals surface area contributed by atoms with Gasteiger partial charge in [-0.2, -0.15) is 0 Å². The first-order chi connectivity index (χ1) is 12.7. The van der Waals surface area contributed by atoms with Crippen LogP contribution in [0.15, 0.2) is 12.1 Å². The summed E-state index contributed by atoms with van der Waals surface area (Å²) >= 11 is 1.50. The summed E-state index contributed by atoms with van der Waals surface area (Å²) in [5.41, 5.74) is 5.29. The number of carbonyl (C=O) groups is 2. The Balaban J connectivity index is 1.53. The highest BCUT2D eigenvalue weighted by Crippen LogP contribution is 2.50. The Morgan fingerprint density at radius 3 is 2.52 bits per heavy atom. The van der Waals surface area contributed by atoms with E-state index in [1.54, 1.807) is 0 Å². The van der Waals surface area contributed by atoms with Gasteiger partial charge in [0.05, 0.1) is 11.0 Å². The maximum absolute atomic E-state index is 13.1. The molecule has 2 fully saturated rings. The molecule has 2 heterocycles. The number of hydrogen-bond donors (Lipinski definition) is 2. The van der Waals surface area contributed by atoms with E-state index in [2.05, 4.69) is 5.32 Å². The molecule has 1 saturated heterocycles. The molecule has 6 nitrogen and oxygen atoms in total. The van der Waals surface area contributed by atoms with E-state index >= 15 is 0 Å². The largest absolute Gasteiger partial charge is 0.378 e. The van der Waals surface area contributed by atoms with Crippen molar-refractivity contribution in [3.8, 4) is 0 Å². The second-order valence-electron chi connectivity index (χ2n) is 8.29. The molecule has 1 aliphatic carbocycles. The fraction of sp³-hybridized carbons (Fsp3) is 0.700. The summed E-state index contributed by atoms with van der Waals surface area (Å²) in [5.74, 6) is -0.00466. The second kappa shape index (κ2) is 7.53. The lowest BCUT2D eigenvalue weighted by Gasteiger charge is -2.59. The molecule has 0 aromatic carbocycles. The maximum atomic E-state index is 13.1. The lowest BCUT2D eigenvalue weighted by atomic mass is 9.54. The minimum atomic E-state index is -0.864. The van der Waals surface area contributed by atoms with Crippen LogP contribution in [0, 0.1) is 12.3 Å². The van der Waals surface area contributed by atoms with Crippen LogP contribution >= 0.6 is 11.3 Å². The summed E-state index contributed by atoms with van der Waals surface area (Å²) in [6, 6.07) is 3.92. The van der Waals surface area contributed by atoms with Gasteiger partial charge in [0.15, 0.2) is 0 Å². The predicted octanol–water partition coefficient (Wildman–Crippen LogP) is 2.31. The third-order valence-electron chi connectivity index (χ3n) is 6.29. The minimum Gasteiger partial charge on any atom is -0.378 e. The standard InChI is InChI=1S/C20H31N3O3S/c1-5-26-16-12-20(21,19(16,3)4)18(25)23-10-8-14(9-11-23)22-17(24)15-7-6-13(2)27-15/h6-7,14,16H,5,8-12,21H2,1-4H3,(H,22,24). The number of likely N-dealkylation sites (tertiary alicyclic amines) is 1. The van der Waals surface area contributed by atoms with E-state index in [0.29, 0.717) is 26.1 Å². The van der Waals surface area contributed by atoms with E-state index in [-0.39, 0.29) is 29.4 Å². The van der Waals surface area contributed by atoms with Crippen LogP contribution in [0.3, 0.4) is 0 Å². The van der Waals surface area contributed by atoms with Crippen LogP contribution in [0.4, 0.5) is 0 Å². The number of amides is 2. The summed E-state index contributed by atoms with van der Waals surface area (Å²) in [7, 11) is 0. The van der Waals surface area contributed by atoms with Gasteiger partial charge in [-0.3, -0.25) is 9.59 Å². The number of hydrogen-bond acceptors (Lipinski definition) is 5. The normalized spacial score (nSPS) is 27.9. The Morgan fingerprint density at radius 1 is 1.33 bits per heavy atom. The van der Waals surface area contributed by atoms with Crippen molar-refractivity contribution in [2.24, 2.45) is 11.1 Å². The molecule has 0 spiro atoms. The van der Waals surface area contributed by atoms with Crippen molar-refractivity contribution in [1.29, 1.82) is 0 Å². The average molecular weight is 394 g/mol. The zero-order chi connectivity index (χ0) is 19.8. The van der Waals surface area contributed by atoms with Crippen molar-refractivity contribution < 1.29 is 14.3 Å². The van der Waals surface area contributed by atoms with Gasteiger partial charge in [0.25, 0.3) is 5.91 Å². The van der Waals surface area contributed by atoms with Gasteiger partial charge in [-0.05, 0) is 38.8 Å². The molecular formula is C20H31N3O3S. The molecule has 0 bridgehead atoms. The van der Waals surface area contributed by atoms with Gasteiger partial charge in [-0.25, -0.2) is 0 Å². The van der Waals surface area contributed by atoms with Gasteiger partial charge in [-0.1, -0.05) is 13.8 Å². The van der Waals surface area contributed by atoms with Crippen LogP contribution in [0.25, 0.3) is 0 Å². The molecule has 1 aliphatic heterocycles. The number of rotatable bonds is 5. The third-order valence-corrected chi connectivity index (χ3v) is 7.29. The number of nitrogens with one attached hydrogen (secondary N) is 1. The molecule has 2 amide bonds. The molecule has 1 aromatic rings. The third kappa shape index (κ3) is 3.65. The van der Waals surface area contributed by atoms with Crippen LogP contribution < -0.4 is 11.1 Å². The smallest absolute Gasteiger partial charge is 0.261 e. The molecule has 27 heavy (non-hydrogen) atoms. The Morgan fingerprint density at radius 2 is 2.00 bits per heavy atom. The fourth-order valence-corrected chi connectivity index (χ4v) is 4.89. The van der Waals surface area contributed by atoms with Crippen LogP contribution in [0.2, 0.25) is 0 Å². The summed E-state index contributed by atoms with van der Waals surface area (Å²) in [5, 5.41) is 3.10. The summed E-state index contributed by atoms with van der Waals surface area (Å²) in [4.78, 5) is 29.1. The van der Waals surface area contributed by atoms with E-state index < -0.39 is 5.54 Å². The maximum Gasteiger partial charge on any atom is 0.261 e. The van der Waals surface area contributed by atoms with E-state index in [1.807, 2.05) is 44.7 Å². The summed E-state index contributed by atoms with van der Waals surface area (Å²) in [6.07, 6.45) is 2.11. The number of nitrogens with zero attached hydrogens (tertiary/aromatic N) is 1. The number of carbonyl (C=O) groups excluding carboxylic acids is 2. The highest BCUT2D eigenvalue weighted by molar-refractivity contribution is 7.13. The van der Waals surface area contributed by atoms with E-state index in [0.717, 1.165) is 22.6 Å². The van der Waals surface area contributed by atoms with Crippen LogP contribution in [-0.2, 0) is 9.53 Å². The van der Waals surface area contributed by atoms with Crippen molar-refractivity contribution in [2.75, 3.05) is 19.7 Å². The first kappa shape index (κ1) is 20.3. The number of ether oxygens (including phenoxy) is 1. The number of nitrogens with two attached hydrogens (primary N) is 1. The lowest BCUT2D eigenvalue weighted by molar-refractivity contribution is -0.180. The molecule has 3 rings (SSSR count). The number of thiophene rings is 1. The fourth-order valence-electron chi connectivity index (χ4n) is 4.12. The van der Waals surface area contributed by atoms with Gasteiger partial charge in [0.1, 0.15) is 5.54 Å². The molecule has 2 unspecified atom stereocenters. The molecule has 2 aliphatic rings. The average Bonchev–Trinajstić information content (AvgIpc) is 3.08. The predicted molar refractivity (Wildman–Crippen MR) is 107 cm³/mol. The van der Waals surface area contributed by atoms with E-state index in [1.165, 1.54) is 11.3 Å².